The maximum atomic E-state index is 11.7. The fourth-order valence-corrected chi connectivity index (χ4v) is 3.66. The first-order valence-electron chi connectivity index (χ1n) is 7.41. The van der Waals surface area contributed by atoms with Crippen LogP contribution in [0, 0.1) is 0 Å². The van der Waals surface area contributed by atoms with Crippen LogP contribution in [-0.2, 0) is 9.84 Å². The molecule has 4 nitrogen and oxygen atoms in total. The molecular weight excluding hydrogens is 260 g/mol. The van der Waals surface area contributed by atoms with Gasteiger partial charge in [0, 0.05) is 36.5 Å². The molecule has 0 bridgehead atoms. The van der Waals surface area contributed by atoms with Crippen LogP contribution in [0.1, 0.15) is 47.5 Å². The molecule has 1 fully saturated rings. The summed E-state index contributed by atoms with van der Waals surface area (Å²) in [6.45, 7) is 13.0. The lowest BCUT2D eigenvalue weighted by Gasteiger charge is -2.52. The van der Waals surface area contributed by atoms with Gasteiger partial charge in [0.1, 0.15) is 0 Å². The molecule has 0 aromatic rings. The predicted octanol–water partition coefficient (Wildman–Crippen LogP) is 1.66. The summed E-state index contributed by atoms with van der Waals surface area (Å²) in [5.74, 6) is 0.523. The zero-order valence-corrected chi connectivity index (χ0v) is 13.9. The molecule has 1 saturated heterocycles. The summed E-state index contributed by atoms with van der Waals surface area (Å²) in [4.78, 5) is 2.40. The molecule has 19 heavy (non-hydrogen) atoms. The summed E-state index contributed by atoms with van der Waals surface area (Å²) in [5, 5.41) is 3.60. The second kappa shape index (κ2) is 6.10. The second-order valence-corrected chi connectivity index (χ2v) is 8.80. The van der Waals surface area contributed by atoms with Gasteiger partial charge in [-0.15, -0.1) is 0 Å². The Hall–Kier alpha value is -0.130. The van der Waals surface area contributed by atoms with Crippen molar-refractivity contribution in [2.45, 2.75) is 58.5 Å². The molecule has 0 aromatic heterocycles. The zero-order valence-electron chi connectivity index (χ0n) is 13.1. The van der Waals surface area contributed by atoms with E-state index in [0.717, 1.165) is 25.9 Å². The Labute approximate surface area is 118 Å². The van der Waals surface area contributed by atoms with Crippen LogP contribution in [0.25, 0.3) is 0 Å². The van der Waals surface area contributed by atoms with Gasteiger partial charge in [0.25, 0.3) is 0 Å². The van der Waals surface area contributed by atoms with Crippen LogP contribution in [0.5, 0.6) is 0 Å². The summed E-state index contributed by atoms with van der Waals surface area (Å²) >= 11 is 0. The normalized spacial score (nSPS) is 23.4. The van der Waals surface area contributed by atoms with Crippen LogP contribution in [0.2, 0.25) is 0 Å². The van der Waals surface area contributed by atoms with Gasteiger partial charge in [-0.25, -0.2) is 8.42 Å². The number of piperazine rings is 1. The van der Waals surface area contributed by atoms with Crippen LogP contribution in [0.3, 0.4) is 0 Å². The van der Waals surface area contributed by atoms with Crippen LogP contribution in [0.15, 0.2) is 0 Å². The number of sulfone groups is 1. The molecule has 5 heteroatoms. The highest BCUT2D eigenvalue weighted by Gasteiger charge is 2.41. The smallest absolute Gasteiger partial charge is 0.151 e. The Bertz CT molecular complexity index is 386. The van der Waals surface area contributed by atoms with Gasteiger partial charge in [-0.1, -0.05) is 20.8 Å². The average Bonchev–Trinajstić information content (AvgIpc) is 2.37. The first kappa shape index (κ1) is 16.9. The lowest BCUT2D eigenvalue weighted by Crippen LogP contribution is -2.68. The minimum absolute atomic E-state index is 0.0593. The third-order valence-electron chi connectivity index (χ3n) is 4.58. The maximum absolute atomic E-state index is 11.7. The zero-order chi connectivity index (χ0) is 14.7. The quantitative estimate of drug-likeness (QED) is 0.808. The minimum Gasteiger partial charge on any atom is -0.309 e. The number of nitrogens with zero attached hydrogens (tertiary/aromatic N) is 1. The third-order valence-corrected chi connectivity index (χ3v) is 6.27. The molecular formula is C14H30N2O2S. The summed E-state index contributed by atoms with van der Waals surface area (Å²) in [6.07, 6.45) is 2.11. The van der Waals surface area contributed by atoms with Crippen molar-refractivity contribution < 1.29 is 8.42 Å². The largest absolute Gasteiger partial charge is 0.309 e. The van der Waals surface area contributed by atoms with Gasteiger partial charge in [-0.2, -0.15) is 0 Å². The number of rotatable bonds is 6. The molecule has 0 amide bonds. The topological polar surface area (TPSA) is 49.4 Å². The van der Waals surface area contributed by atoms with E-state index in [-0.39, 0.29) is 22.6 Å². The van der Waals surface area contributed by atoms with Crippen molar-refractivity contribution in [3.05, 3.63) is 0 Å². The van der Waals surface area contributed by atoms with Crippen LogP contribution < -0.4 is 5.32 Å². The van der Waals surface area contributed by atoms with Gasteiger partial charge in [0.15, 0.2) is 9.84 Å². The number of hydrogen-bond acceptors (Lipinski definition) is 4. The van der Waals surface area contributed by atoms with Crippen molar-refractivity contribution in [1.82, 2.24) is 10.2 Å². The molecule has 1 rings (SSSR count). The van der Waals surface area contributed by atoms with Crippen molar-refractivity contribution in [1.29, 1.82) is 0 Å². The highest BCUT2D eigenvalue weighted by molar-refractivity contribution is 7.91. The first-order valence-corrected chi connectivity index (χ1v) is 9.23. The SMILES string of the molecule is CCC1(CC)CNC(C)(C)CN1CCS(=O)(=O)CC. The molecule has 1 heterocycles. The lowest BCUT2D eigenvalue weighted by atomic mass is 9.84. The van der Waals surface area contributed by atoms with Crippen molar-refractivity contribution in [2.75, 3.05) is 31.1 Å². The Morgan fingerprint density at radius 2 is 1.74 bits per heavy atom. The summed E-state index contributed by atoms with van der Waals surface area (Å²) < 4.78 is 23.5. The molecule has 0 spiro atoms. The van der Waals surface area contributed by atoms with E-state index in [1.54, 1.807) is 6.92 Å². The monoisotopic (exact) mass is 290 g/mol. The Morgan fingerprint density at radius 1 is 1.16 bits per heavy atom. The van der Waals surface area contributed by atoms with Gasteiger partial charge in [0.2, 0.25) is 0 Å². The molecule has 0 unspecified atom stereocenters. The molecule has 114 valence electrons. The standard InChI is InChI=1S/C14H30N2O2S/c1-6-14(7-2)11-15-13(4,5)12-16(14)9-10-19(17,18)8-3/h15H,6-12H2,1-5H3. The lowest BCUT2D eigenvalue weighted by molar-refractivity contribution is 0.0140. The number of nitrogens with one attached hydrogen (secondary N) is 1. The molecule has 1 N–H and O–H groups in total. The molecule has 1 aliphatic rings. The highest BCUT2D eigenvalue weighted by atomic mass is 32.2. The third kappa shape index (κ3) is 4.17. The van der Waals surface area contributed by atoms with E-state index in [1.165, 1.54) is 0 Å². The van der Waals surface area contributed by atoms with E-state index in [0.29, 0.717) is 6.54 Å². The van der Waals surface area contributed by atoms with Crippen LogP contribution in [0.4, 0.5) is 0 Å². The van der Waals surface area contributed by atoms with E-state index in [2.05, 4.69) is 37.9 Å². The van der Waals surface area contributed by atoms with E-state index < -0.39 is 9.84 Å². The Balaban J connectivity index is 2.83. The highest BCUT2D eigenvalue weighted by Crippen LogP contribution is 2.29. The van der Waals surface area contributed by atoms with E-state index in [9.17, 15) is 8.42 Å². The summed E-state index contributed by atoms with van der Waals surface area (Å²) in [7, 11) is -2.88. The van der Waals surface area contributed by atoms with Crippen LogP contribution in [-0.4, -0.2) is 55.5 Å². The van der Waals surface area contributed by atoms with Gasteiger partial charge in [-0.3, -0.25) is 4.90 Å². The van der Waals surface area contributed by atoms with E-state index in [1.807, 2.05) is 0 Å². The van der Waals surface area contributed by atoms with Gasteiger partial charge >= 0.3 is 0 Å². The Kier molecular flexibility index (Phi) is 5.43. The predicted molar refractivity (Wildman–Crippen MR) is 81.3 cm³/mol. The van der Waals surface area contributed by atoms with Crippen molar-refractivity contribution in [2.24, 2.45) is 0 Å². The van der Waals surface area contributed by atoms with Gasteiger partial charge in [0.05, 0.1) is 5.75 Å². The van der Waals surface area contributed by atoms with Crippen molar-refractivity contribution >= 4 is 9.84 Å². The van der Waals surface area contributed by atoms with Gasteiger partial charge in [-0.05, 0) is 26.7 Å². The Morgan fingerprint density at radius 3 is 2.21 bits per heavy atom. The summed E-state index contributed by atoms with van der Waals surface area (Å²) in [6, 6.07) is 0. The molecule has 0 atom stereocenters. The van der Waals surface area contributed by atoms with Crippen molar-refractivity contribution in [3.8, 4) is 0 Å². The molecule has 1 aliphatic heterocycles. The summed E-state index contributed by atoms with van der Waals surface area (Å²) in [5.41, 5.74) is 0.169. The van der Waals surface area contributed by atoms with E-state index in [4.69, 9.17) is 0 Å². The fourth-order valence-electron chi connectivity index (χ4n) is 2.87. The molecule has 0 saturated carbocycles. The van der Waals surface area contributed by atoms with E-state index >= 15 is 0 Å². The second-order valence-electron chi connectivity index (χ2n) is 6.33. The van der Waals surface area contributed by atoms with Crippen LogP contribution >= 0.6 is 0 Å². The molecule has 0 aromatic carbocycles. The number of hydrogen-bond donors (Lipinski definition) is 1. The van der Waals surface area contributed by atoms with Crippen molar-refractivity contribution in [3.63, 3.8) is 0 Å². The first-order chi connectivity index (χ1) is 8.70. The molecule has 0 aliphatic carbocycles. The minimum atomic E-state index is -2.88. The average molecular weight is 290 g/mol. The van der Waals surface area contributed by atoms with Gasteiger partial charge < -0.3 is 5.32 Å². The molecule has 0 radical (unpaired) electrons. The fraction of sp³-hybridized carbons (Fsp3) is 1.00. The maximum Gasteiger partial charge on any atom is 0.151 e.